The summed E-state index contributed by atoms with van der Waals surface area (Å²) in [6.45, 7) is 5.67. The minimum Gasteiger partial charge on any atom is -0.378 e. The molecule has 0 bridgehead atoms. The van der Waals surface area contributed by atoms with Gasteiger partial charge in [0.2, 0.25) is 0 Å². The van der Waals surface area contributed by atoms with Crippen molar-refractivity contribution in [3.8, 4) is 0 Å². The van der Waals surface area contributed by atoms with E-state index in [1.54, 1.807) is 0 Å². The van der Waals surface area contributed by atoms with Crippen LogP contribution in [0.3, 0.4) is 0 Å². The monoisotopic (exact) mass is 291 g/mol. The maximum atomic E-state index is 11.4. The number of nitrogens with one attached hydrogen (secondary N) is 3. The predicted octanol–water partition coefficient (Wildman–Crippen LogP) is -1.37. The highest BCUT2D eigenvalue weighted by Gasteiger charge is 2.00. The van der Waals surface area contributed by atoms with Crippen molar-refractivity contribution < 1.29 is 19.0 Å². The summed E-state index contributed by atoms with van der Waals surface area (Å²) >= 11 is 0. The highest BCUT2D eigenvalue weighted by Crippen LogP contribution is 1.82. The summed E-state index contributed by atoms with van der Waals surface area (Å²) in [7, 11) is 3.76. The average Bonchev–Trinajstić information content (AvgIpc) is 2.45. The molecule has 0 atom stereocenters. The molecule has 7 nitrogen and oxygen atoms in total. The molecule has 0 aliphatic rings. The first-order chi connectivity index (χ1) is 9.81. The zero-order valence-corrected chi connectivity index (χ0v) is 12.7. The van der Waals surface area contributed by atoms with Gasteiger partial charge in [-0.2, -0.15) is 0 Å². The van der Waals surface area contributed by atoms with Gasteiger partial charge in [0.05, 0.1) is 39.6 Å². The fraction of sp³-hybridized carbons (Fsp3) is 0.923. The number of Topliss-reactive ketones (excluding diaryl/α,β-unsaturated/α-hetero) is 1. The Labute approximate surface area is 121 Å². The van der Waals surface area contributed by atoms with Crippen LogP contribution in [0.1, 0.15) is 0 Å². The first-order valence-corrected chi connectivity index (χ1v) is 7.06. The van der Waals surface area contributed by atoms with Gasteiger partial charge in [-0.05, 0) is 14.1 Å². The third-order valence-corrected chi connectivity index (χ3v) is 2.38. The summed E-state index contributed by atoms with van der Waals surface area (Å²) in [6.07, 6.45) is 0. The van der Waals surface area contributed by atoms with E-state index in [1.165, 1.54) is 0 Å². The Hall–Kier alpha value is -0.570. The van der Waals surface area contributed by atoms with Crippen molar-refractivity contribution in [1.29, 1.82) is 0 Å². The molecule has 120 valence electrons. The normalized spacial score (nSPS) is 10.9. The number of hydrogen-bond donors (Lipinski definition) is 3. The van der Waals surface area contributed by atoms with Crippen LogP contribution in [0.2, 0.25) is 0 Å². The molecule has 0 saturated carbocycles. The van der Waals surface area contributed by atoms with Gasteiger partial charge in [-0.15, -0.1) is 0 Å². The van der Waals surface area contributed by atoms with Crippen molar-refractivity contribution in [2.75, 3.05) is 79.9 Å². The lowest BCUT2D eigenvalue weighted by molar-refractivity contribution is -0.123. The summed E-state index contributed by atoms with van der Waals surface area (Å²) < 4.78 is 15.8. The van der Waals surface area contributed by atoms with Crippen molar-refractivity contribution in [2.45, 2.75) is 0 Å². The van der Waals surface area contributed by atoms with Gasteiger partial charge in [0.1, 0.15) is 6.61 Å². The third-order valence-electron chi connectivity index (χ3n) is 2.38. The van der Waals surface area contributed by atoms with Gasteiger partial charge in [-0.25, -0.2) is 0 Å². The summed E-state index contributed by atoms with van der Waals surface area (Å²) in [5.41, 5.74) is 0. The van der Waals surface area contributed by atoms with E-state index >= 15 is 0 Å². The number of likely N-dealkylation sites (N-methyl/N-ethyl adjacent to an activating group) is 2. The first-order valence-electron chi connectivity index (χ1n) is 7.06. The SMILES string of the molecule is CNCCNCC(=O)COCCOCCOCCNC. The van der Waals surface area contributed by atoms with E-state index in [0.717, 1.165) is 19.6 Å². The second kappa shape index (κ2) is 16.5. The van der Waals surface area contributed by atoms with Crippen LogP contribution in [-0.2, 0) is 19.0 Å². The molecule has 0 fully saturated rings. The van der Waals surface area contributed by atoms with Gasteiger partial charge in [0.25, 0.3) is 0 Å². The van der Waals surface area contributed by atoms with Crippen molar-refractivity contribution in [3.63, 3.8) is 0 Å². The van der Waals surface area contributed by atoms with E-state index < -0.39 is 0 Å². The first kappa shape index (κ1) is 19.4. The molecular weight excluding hydrogens is 262 g/mol. The maximum absolute atomic E-state index is 11.4. The molecule has 0 amide bonds. The highest BCUT2D eigenvalue weighted by molar-refractivity contribution is 5.81. The van der Waals surface area contributed by atoms with Crippen molar-refractivity contribution in [1.82, 2.24) is 16.0 Å². The molecule has 0 saturated heterocycles. The fourth-order valence-electron chi connectivity index (χ4n) is 1.29. The summed E-state index contributed by atoms with van der Waals surface area (Å²) in [5.74, 6) is 0.0523. The minimum absolute atomic E-state index is 0.0523. The molecular formula is C13H29N3O4. The third kappa shape index (κ3) is 15.5. The van der Waals surface area contributed by atoms with Gasteiger partial charge in [-0.1, -0.05) is 0 Å². The predicted molar refractivity (Wildman–Crippen MR) is 78.2 cm³/mol. The lowest BCUT2D eigenvalue weighted by Crippen LogP contribution is -2.31. The Morgan fingerprint density at radius 3 is 2.05 bits per heavy atom. The number of rotatable bonds is 16. The molecule has 7 heteroatoms. The van der Waals surface area contributed by atoms with Gasteiger partial charge in [-0.3, -0.25) is 4.79 Å². The van der Waals surface area contributed by atoms with E-state index in [1.807, 2.05) is 14.1 Å². The average molecular weight is 291 g/mol. The largest absolute Gasteiger partial charge is 0.378 e. The second-order valence-electron chi connectivity index (χ2n) is 4.20. The van der Waals surface area contributed by atoms with Gasteiger partial charge >= 0.3 is 0 Å². The van der Waals surface area contributed by atoms with E-state index in [2.05, 4.69) is 16.0 Å². The minimum atomic E-state index is 0.0523. The zero-order valence-electron chi connectivity index (χ0n) is 12.7. The highest BCUT2D eigenvalue weighted by atomic mass is 16.5. The molecule has 20 heavy (non-hydrogen) atoms. The molecule has 0 aromatic heterocycles. The molecule has 0 aliphatic carbocycles. The number of ketones is 1. The molecule has 0 aromatic carbocycles. The molecule has 0 rings (SSSR count). The molecule has 0 heterocycles. The standard InChI is InChI=1S/C13H29N3O4/c1-14-3-4-16-11-13(17)12-20-10-9-19-8-7-18-6-5-15-2/h14-16H,3-12H2,1-2H3. The van der Waals surface area contributed by atoms with Gasteiger partial charge in [0.15, 0.2) is 5.78 Å². The van der Waals surface area contributed by atoms with Crippen LogP contribution < -0.4 is 16.0 Å². The van der Waals surface area contributed by atoms with Crippen LogP contribution in [-0.4, -0.2) is 85.7 Å². The van der Waals surface area contributed by atoms with Crippen molar-refractivity contribution >= 4 is 5.78 Å². The lowest BCUT2D eigenvalue weighted by atomic mass is 10.4. The van der Waals surface area contributed by atoms with Crippen molar-refractivity contribution in [3.05, 3.63) is 0 Å². The van der Waals surface area contributed by atoms with Gasteiger partial charge < -0.3 is 30.2 Å². The number of hydrogen-bond acceptors (Lipinski definition) is 7. The molecule has 0 aromatic rings. The Morgan fingerprint density at radius 1 is 0.800 bits per heavy atom. The molecule has 0 aliphatic heterocycles. The summed E-state index contributed by atoms with van der Waals surface area (Å²) in [4.78, 5) is 11.4. The Kier molecular flexibility index (Phi) is 16.0. The van der Waals surface area contributed by atoms with E-state index in [4.69, 9.17) is 14.2 Å². The van der Waals surface area contributed by atoms with Crippen LogP contribution in [0.4, 0.5) is 0 Å². The van der Waals surface area contributed by atoms with Crippen LogP contribution in [0.5, 0.6) is 0 Å². The van der Waals surface area contributed by atoms with Crippen molar-refractivity contribution in [2.24, 2.45) is 0 Å². The molecule has 0 spiro atoms. The van der Waals surface area contributed by atoms with E-state index in [9.17, 15) is 4.79 Å². The van der Waals surface area contributed by atoms with Crippen LogP contribution in [0.25, 0.3) is 0 Å². The summed E-state index contributed by atoms with van der Waals surface area (Å²) in [5, 5.41) is 9.01. The molecule has 0 radical (unpaired) electrons. The van der Waals surface area contributed by atoms with Gasteiger partial charge in [0, 0.05) is 19.6 Å². The maximum Gasteiger partial charge on any atom is 0.172 e. The Bertz CT molecular complexity index is 218. The number of carbonyl (C=O) groups is 1. The second-order valence-corrected chi connectivity index (χ2v) is 4.20. The number of ether oxygens (including phenoxy) is 3. The molecule has 3 N–H and O–H groups in total. The lowest BCUT2D eigenvalue weighted by Gasteiger charge is -2.07. The summed E-state index contributed by atoms with van der Waals surface area (Å²) in [6, 6.07) is 0. The zero-order chi connectivity index (χ0) is 14.9. The Balaban J connectivity index is 3.09. The topological polar surface area (TPSA) is 80.9 Å². The number of carbonyl (C=O) groups excluding carboxylic acids is 1. The van der Waals surface area contributed by atoms with Crippen LogP contribution in [0, 0.1) is 0 Å². The van der Waals surface area contributed by atoms with E-state index in [-0.39, 0.29) is 12.4 Å². The Morgan fingerprint density at radius 2 is 1.40 bits per heavy atom. The van der Waals surface area contributed by atoms with Crippen LogP contribution >= 0.6 is 0 Å². The fourth-order valence-corrected chi connectivity index (χ4v) is 1.29. The smallest absolute Gasteiger partial charge is 0.172 e. The quantitative estimate of drug-likeness (QED) is 0.303. The van der Waals surface area contributed by atoms with Crippen LogP contribution in [0.15, 0.2) is 0 Å². The van der Waals surface area contributed by atoms with E-state index in [0.29, 0.717) is 39.6 Å². The molecule has 0 unspecified atom stereocenters.